The molecule has 2 rings (SSSR count). The van der Waals surface area contributed by atoms with Gasteiger partial charge >= 0.3 is 0 Å². The first-order valence-corrected chi connectivity index (χ1v) is 5.72. The van der Waals surface area contributed by atoms with E-state index in [9.17, 15) is 4.79 Å². The zero-order valence-corrected chi connectivity index (χ0v) is 9.52. The van der Waals surface area contributed by atoms with Gasteiger partial charge in [-0.2, -0.15) is 0 Å². The van der Waals surface area contributed by atoms with Crippen molar-refractivity contribution < 1.29 is 0 Å². The van der Waals surface area contributed by atoms with E-state index in [-0.39, 0.29) is 11.0 Å². The smallest absolute Gasteiger partial charge is 0.257 e. The Morgan fingerprint density at radius 2 is 2.21 bits per heavy atom. The SMILES string of the molecule is CC(C)(C)c1cnc2n(c1=O)CCS2. The predicted molar refractivity (Wildman–Crippen MR) is 57.9 cm³/mol. The van der Waals surface area contributed by atoms with Crippen molar-refractivity contribution in [3.63, 3.8) is 0 Å². The third-order valence-corrected chi connectivity index (χ3v) is 3.34. The number of nitrogens with zero attached hydrogens (tertiary/aromatic N) is 2. The molecule has 0 unspecified atom stereocenters. The molecule has 0 aliphatic carbocycles. The number of hydrogen-bond donors (Lipinski definition) is 0. The first-order chi connectivity index (χ1) is 6.50. The highest BCUT2D eigenvalue weighted by Crippen LogP contribution is 2.24. The van der Waals surface area contributed by atoms with E-state index < -0.39 is 0 Å². The molecule has 0 aromatic carbocycles. The summed E-state index contributed by atoms with van der Waals surface area (Å²) in [4.78, 5) is 16.3. The minimum atomic E-state index is -0.112. The van der Waals surface area contributed by atoms with Crippen molar-refractivity contribution in [3.05, 3.63) is 22.1 Å². The molecular weight excluding hydrogens is 196 g/mol. The Morgan fingerprint density at radius 3 is 2.86 bits per heavy atom. The largest absolute Gasteiger partial charge is 0.287 e. The van der Waals surface area contributed by atoms with Gasteiger partial charge in [0.1, 0.15) is 0 Å². The van der Waals surface area contributed by atoms with E-state index in [0.717, 1.165) is 23.0 Å². The second-order valence-electron chi connectivity index (χ2n) is 4.51. The van der Waals surface area contributed by atoms with E-state index in [0.29, 0.717) is 0 Å². The standard InChI is InChI=1S/C10H14N2OS/c1-10(2,3)7-6-11-9-12(8(7)13)4-5-14-9/h6H,4-5H2,1-3H3. The van der Waals surface area contributed by atoms with Gasteiger partial charge in [0.2, 0.25) is 0 Å². The molecule has 1 aromatic heterocycles. The molecule has 0 amide bonds. The van der Waals surface area contributed by atoms with Gasteiger partial charge < -0.3 is 0 Å². The number of aromatic nitrogens is 2. The highest BCUT2D eigenvalue weighted by molar-refractivity contribution is 7.99. The monoisotopic (exact) mass is 210 g/mol. The summed E-state index contributed by atoms with van der Waals surface area (Å²) in [7, 11) is 0. The average molecular weight is 210 g/mol. The van der Waals surface area contributed by atoms with Crippen molar-refractivity contribution >= 4 is 11.8 Å². The molecule has 0 saturated carbocycles. The van der Waals surface area contributed by atoms with Gasteiger partial charge in [0.05, 0.1) is 0 Å². The van der Waals surface area contributed by atoms with Crippen LogP contribution in [0.5, 0.6) is 0 Å². The Morgan fingerprint density at radius 1 is 1.50 bits per heavy atom. The molecule has 76 valence electrons. The van der Waals surface area contributed by atoms with Crippen LogP contribution in [0.3, 0.4) is 0 Å². The van der Waals surface area contributed by atoms with Crippen LogP contribution in [0.1, 0.15) is 26.3 Å². The molecule has 0 radical (unpaired) electrons. The molecule has 0 bridgehead atoms. The zero-order valence-electron chi connectivity index (χ0n) is 8.70. The van der Waals surface area contributed by atoms with Crippen LogP contribution in [-0.2, 0) is 12.0 Å². The maximum absolute atomic E-state index is 12.0. The summed E-state index contributed by atoms with van der Waals surface area (Å²) in [5.41, 5.74) is 0.829. The van der Waals surface area contributed by atoms with Crippen molar-refractivity contribution in [1.82, 2.24) is 9.55 Å². The van der Waals surface area contributed by atoms with Gasteiger partial charge in [0.25, 0.3) is 5.56 Å². The minimum absolute atomic E-state index is 0.112. The Balaban J connectivity index is 2.62. The van der Waals surface area contributed by atoms with E-state index >= 15 is 0 Å². The van der Waals surface area contributed by atoms with E-state index in [1.54, 1.807) is 22.5 Å². The summed E-state index contributed by atoms with van der Waals surface area (Å²) in [5.74, 6) is 0.968. The maximum Gasteiger partial charge on any atom is 0.257 e. The summed E-state index contributed by atoms with van der Waals surface area (Å²) in [6.45, 7) is 6.93. The number of thioether (sulfide) groups is 1. The first-order valence-electron chi connectivity index (χ1n) is 4.73. The molecule has 14 heavy (non-hydrogen) atoms. The van der Waals surface area contributed by atoms with Crippen LogP contribution in [0.15, 0.2) is 16.1 Å². The van der Waals surface area contributed by atoms with Gasteiger partial charge in [-0.1, -0.05) is 32.5 Å². The number of fused-ring (bicyclic) bond motifs is 1. The van der Waals surface area contributed by atoms with Crippen molar-refractivity contribution in [2.45, 2.75) is 37.9 Å². The van der Waals surface area contributed by atoms with Crippen molar-refractivity contribution in [1.29, 1.82) is 0 Å². The van der Waals surface area contributed by atoms with E-state index in [1.807, 2.05) is 20.8 Å². The minimum Gasteiger partial charge on any atom is -0.287 e. The molecule has 1 aliphatic rings. The Labute approximate surface area is 87.5 Å². The van der Waals surface area contributed by atoms with Crippen LogP contribution in [0, 0.1) is 0 Å². The molecule has 0 fully saturated rings. The van der Waals surface area contributed by atoms with Crippen LogP contribution in [0.4, 0.5) is 0 Å². The van der Waals surface area contributed by atoms with Gasteiger partial charge in [-0.3, -0.25) is 9.36 Å². The molecule has 3 nitrogen and oxygen atoms in total. The number of hydrogen-bond acceptors (Lipinski definition) is 3. The van der Waals surface area contributed by atoms with Gasteiger partial charge in [0, 0.05) is 24.1 Å². The van der Waals surface area contributed by atoms with Crippen LogP contribution in [0.25, 0.3) is 0 Å². The zero-order chi connectivity index (χ0) is 10.3. The molecule has 0 N–H and O–H groups in total. The summed E-state index contributed by atoms with van der Waals surface area (Å²) in [6, 6.07) is 0. The fourth-order valence-electron chi connectivity index (χ4n) is 1.53. The van der Waals surface area contributed by atoms with Crippen LogP contribution < -0.4 is 5.56 Å². The van der Waals surface area contributed by atoms with E-state index in [4.69, 9.17) is 0 Å². The van der Waals surface area contributed by atoms with Gasteiger partial charge in [-0.05, 0) is 5.41 Å². The topological polar surface area (TPSA) is 34.9 Å². The lowest BCUT2D eigenvalue weighted by Crippen LogP contribution is -2.30. The highest BCUT2D eigenvalue weighted by Gasteiger charge is 2.23. The van der Waals surface area contributed by atoms with Crippen LogP contribution in [0.2, 0.25) is 0 Å². The van der Waals surface area contributed by atoms with E-state index in [2.05, 4.69) is 4.98 Å². The molecule has 1 aliphatic heterocycles. The fraction of sp³-hybridized carbons (Fsp3) is 0.600. The van der Waals surface area contributed by atoms with Crippen molar-refractivity contribution in [2.75, 3.05) is 5.75 Å². The quantitative estimate of drug-likeness (QED) is 0.611. The lowest BCUT2D eigenvalue weighted by molar-refractivity contribution is 0.545. The predicted octanol–water partition coefficient (Wildman–Crippen LogP) is 1.65. The summed E-state index contributed by atoms with van der Waals surface area (Å²) in [6.07, 6.45) is 1.73. The Hall–Kier alpha value is -0.770. The fourth-order valence-corrected chi connectivity index (χ4v) is 2.45. The lowest BCUT2D eigenvalue weighted by atomic mass is 9.89. The Bertz CT molecular complexity index is 417. The van der Waals surface area contributed by atoms with Gasteiger partial charge in [-0.15, -0.1) is 0 Å². The molecule has 0 atom stereocenters. The van der Waals surface area contributed by atoms with Crippen LogP contribution in [-0.4, -0.2) is 15.3 Å². The summed E-state index contributed by atoms with van der Waals surface area (Å²) in [5, 5.41) is 0.864. The molecule has 1 aromatic rings. The maximum atomic E-state index is 12.0. The molecular formula is C10H14N2OS. The number of rotatable bonds is 0. The second-order valence-corrected chi connectivity index (χ2v) is 5.57. The molecule has 2 heterocycles. The lowest BCUT2D eigenvalue weighted by Gasteiger charge is -2.18. The first kappa shape index (κ1) is 9.77. The highest BCUT2D eigenvalue weighted by atomic mass is 32.2. The van der Waals surface area contributed by atoms with E-state index in [1.165, 1.54) is 0 Å². The summed E-state index contributed by atoms with van der Waals surface area (Å²) < 4.78 is 1.78. The molecule has 0 saturated heterocycles. The van der Waals surface area contributed by atoms with Gasteiger partial charge in [-0.25, -0.2) is 4.98 Å². The average Bonchev–Trinajstić information content (AvgIpc) is 2.50. The molecule has 4 heteroatoms. The van der Waals surface area contributed by atoms with Crippen molar-refractivity contribution in [3.8, 4) is 0 Å². The normalized spacial score (nSPS) is 15.6. The van der Waals surface area contributed by atoms with Crippen LogP contribution >= 0.6 is 11.8 Å². The summed E-state index contributed by atoms with van der Waals surface area (Å²) >= 11 is 1.65. The third-order valence-electron chi connectivity index (χ3n) is 2.36. The molecule has 0 spiro atoms. The van der Waals surface area contributed by atoms with Crippen molar-refractivity contribution in [2.24, 2.45) is 0 Å². The third kappa shape index (κ3) is 1.47. The Kier molecular flexibility index (Phi) is 2.18. The second kappa shape index (κ2) is 3.12. The van der Waals surface area contributed by atoms with Gasteiger partial charge in [0.15, 0.2) is 5.16 Å².